The zero-order valence-electron chi connectivity index (χ0n) is 12.1. The first kappa shape index (κ1) is 15.3. The second-order valence-electron chi connectivity index (χ2n) is 6.05. The molecule has 1 aliphatic rings. The summed E-state index contributed by atoms with van der Waals surface area (Å²) in [6.45, 7) is 4.20. The summed E-state index contributed by atoms with van der Waals surface area (Å²) in [6, 6.07) is 7.66. The maximum Gasteiger partial charge on any atom is 0.222 e. The monoisotopic (exact) mass is 294 g/mol. The molecule has 1 amide bonds. The van der Waals surface area contributed by atoms with E-state index in [0.29, 0.717) is 23.3 Å². The molecule has 3 nitrogen and oxygen atoms in total. The third kappa shape index (κ3) is 4.22. The number of nitrogens with one attached hydrogen (secondary N) is 1. The molecule has 2 rings (SSSR count). The van der Waals surface area contributed by atoms with Crippen molar-refractivity contribution in [3.8, 4) is 0 Å². The van der Waals surface area contributed by atoms with Crippen LogP contribution in [0.1, 0.15) is 44.7 Å². The van der Waals surface area contributed by atoms with E-state index in [0.717, 1.165) is 5.56 Å². The summed E-state index contributed by atoms with van der Waals surface area (Å²) < 4.78 is 0. The van der Waals surface area contributed by atoms with Crippen LogP contribution >= 0.6 is 11.6 Å². The smallest absolute Gasteiger partial charge is 0.222 e. The van der Waals surface area contributed by atoms with Crippen LogP contribution < -0.4 is 11.1 Å². The van der Waals surface area contributed by atoms with Crippen molar-refractivity contribution >= 4 is 17.5 Å². The van der Waals surface area contributed by atoms with Gasteiger partial charge in [-0.25, -0.2) is 0 Å². The van der Waals surface area contributed by atoms with Gasteiger partial charge in [-0.1, -0.05) is 37.6 Å². The third-order valence-electron chi connectivity index (χ3n) is 3.86. The van der Waals surface area contributed by atoms with Crippen LogP contribution in [0.2, 0.25) is 5.02 Å². The first-order valence-electron chi connectivity index (χ1n) is 7.27. The highest BCUT2D eigenvalue weighted by atomic mass is 35.5. The molecule has 0 saturated heterocycles. The van der Waals surface area contributed by atoms with Crippen molar-refractivity contribution in [2.24, 2.45) is 17.6 Å². The summed E-state index contributed by atoms with van der Waals surface area (Å²) in [6.07, 6.45) is 2.75. The molecule has 1 saturated carbocycles. The summed E-state index contributed by atoms with van der Waals surface area (Å²) in [4.78, 5) is 12.1. The largest absolute Gasteiger partial charge is 0.349 e. The molecule has 4 heteroatoms. The summed E-state index contributed by atoms with van der Waals surface area (Å²) in [5.74, 6) is 0.907. The fourth-order valence-corrected chi connectivity index (χ4v) is 2.57. The molecule has 2 atom stereocenters. The first-order chi connectivity index (χ1) is 9.47. The number of carbonyl (C=O) groups is 1. The lowest BCUT2D eigenvalue weighted by Crippen LogP contribution is -2.36. The van der Waals surface area contributed by atoms with Crippen LogP contribution in [0.15, 0.2) is 24.3 Å². The van der Waals surface area contributed by atoms with E-state index in [1.165, 1.54) is 12.8 Å². The van der Waals surface area contributed by atoms with Crippen molar-refractivity contribution in [2.45, 2.75) is 45.2 Å². The van der Waals surface area contributed by atoms with Gasteiger partial charge in [-0.2, -0.15) is 0 Å². The minimum atomic E-state index is 0.00571. The minimum absolute atomic E-state index is 0.00571. The summed E-state index contributed by atoms with van der Waals surface area (Å²) in [7, 11) is 0. The Morgan fingerprint density at radius 2 is 1.95 bits per heavy atom. The van der Waals surface area contributed by atoms with E-state index in [4.69, 9.17) is 17.3 Å². The number of hydrogen-bond acceptors (Lipinski definition) is 2. The number of amides is 1. The molecule has 0 aromatic heterocycles. The van der Waals surface area contributed by atoms with Crippen molar-refractivity contribution in [1.82, 2.24) is 5.32 Å². The van der Waals surface area contributed by atoms with E-state index < -0.39 is 0 Å². The molecule has 0 heterocycles. The number of hydrogen-bond donors (Lipinski definition) is 2. The van der Waals surface area contributed by atoms with Crippen LogP contribution in [0.25, 0.3) is 0 Å². The highest BCUT2D eigenvalue weighted by Gasteiger charge is 2.30. The average molecular weight is 295 g/mol. The van der Waals surface area contributed by atoms with Gasteiger partial charge in [-0.15, -0.1) is 0 Å². The number of carbonyl (C=O) groups excluding carboxylic acids is 1. The van der Waals surface area contributed by atoms with Crippen molar-refractivity contribution in [3.63, 3.8) is 0 Å². The topological polar surface area (TPSA) is 55.1 Å². The second-order valence-corrected chi connectivity index (χ2v) is 6.48. The lowest BCUT2D eigenvalue weighted by molar-refractivity contribution is -0.122. The Morgan fingerprint density at radius 3 is 2.45 bits per heavy atom. The quantitative estimate of drug-likeness (QED) is 0.846. The molecule has 2 unspecified atom stereocenters. The van der Waals surface area contributed by atoms with Crippen molar-refractivity contribution < 1.29 is 4.79 Å². The molecule has 3 N–H and O–H groups in total. The van der Waals surface area contributed by atoms with Crippen molar-refractivity contribution in [3.05, 3.63) is 34.9 Å². The standard InChI is InChI=1S/C16H23ClN2O/c1-10(2)16(12-5-7-13(17)8-6-12)19-15(20)9-14(18)11-3-4-11/h5-8,10-11,14,16H,3-4,9,18H2,1-2H3,(H,19,20). The number of benzene rings is 1. The number of halogens is 1. The fourth-order valence-electron chi connectivity index (χ4n) is 2.44. The molecule has 0 radical (unpaired) electrons. The van der Waals surface area contributed by atoms with Crippen LogP contribution in [0.3, 0.4) is 0 Å². The Hall–Kier alpha value is -1.06. The normalized spacial score (nSPS) is 17.9. The lowest BCUT2D eigenvalue weighted by Gasteiger charge is -2.24. The Bertz CT molecular complexity index is 454. The first-order valence-corrected chi connectivity index (χ1v) is 7.65. The van der Waals surface area contributed by atoms with Gasteiger partial charge >= 0.3 is 0 Å². The van der Waals surface area contributed by atoms with Gasteiger partial charge < -0.3 is 11.1 Å². The van der Waals surface area contributed by atoms with Crippen molar-refractivity contribution in [1.29, 1.82) is 0 Å². The molecule has 0 aliphatic heterocycles. The molecular weight excluding hydrogens is 272 g/mol. The average Bonchev–Trinajstić information content (AvgIpc) is 3.21. The van der Waals surface area contributed by atoms with Gasteiger partial charge in [0.1, 0.15) is 0 Å². The highest BCUT2D eigenvalue weighted by Crippen LogP contribution is 2.33. The summed E-state index contributed by atoms with van der Waals surface area (Å²) >= 11 is 5.91. The van der Waals surface area contributed by atoms with E-state index >= 15 is 0 Å². The zero-order valence-corrected chi connectivity index (χ0v) is 12.9. The lowest BCUT2D eigenvalue weighted by atomic mass is 9.95. The fraction of sp³-hybridized carbons (Fsp3) is 0.562. The van der Waals surface area contributed by atoms with Gasteiger partial charge in [0.2, 0.25) is 5.91 Å². The van der Waals surface area contributed by atoms with Gasteiger partial charge in [0.05, 0.1) is 6.04 Å². The maximum absolute atomic E-state index is 12.1. The van der Waals surface area contributed by atoms with E-state index in [1.54, 1.807) is 0 Å². The van der Waals surface area contributed by atoms with Crippen molar-refractivity contribution in [2.75, 3.05) is 0 Å². The zero-order chi connectivity index (χ0) is 14.7. The van der Waals surface area contributed by atoms with E-state index in [2.05, 4.69) is 19.2 Å². The Balaban J connectivity index is 1.97. The van der Waals surface area contributed by atoms with E-state index in [1.807, 2.05) is 24.3 Å². The predicted octanol–water partition coefficient (Wildman–Crippen LogP) is 3.28. The van der Waals surface area contributed by atoms with Crippen LogP contribution in [0.4, 0.5) is 0 Å². The highest BCUT2D eigenvalue weighted by molar-refractivity contribution is 6.30. The SMILES string of the molecule is CC(C)C(NC(=O)CC(N)C1CC1)c1ccc(Cl)cc1. The van der Waals surface area contributed by atoms with Crippen LogP contribution in [0.5, 0.6) is 0 Å². The van der Waals surface area contributed by atoms with E-state index in [-0.39, 0.29) is 18.0 Å². The molecule has 0 bridgehead atoms. The molecule has 110 valence electrons. The minimum Gasteiger partial charge on any atom is -0.349 e. The van der Waals surface area contributed by atoms with Crippen LogP contribution in [-0.4, -0.2) is 11.9 Å². The van der Waals surface area contributed by atoms with Gasteiger partial charge in [0.15, 0.2) is 0 Å². The van der Waals surface area contributed by atoms with Crippen LogP contribution in [0, 0.1) is 11.8 Å². The molecule has 1 aliphatic carbocycles. The molecular formula is C16H23ClN2O. The third-order valence-corrected chi connectivity index (χ3v) is 4.11. The molecule has 0 spiro atoms. The Kier molecular flexibility index (Phi) is 5.06. The second kappa shape index (κ2) is 6.59. The van der Waals surface area contributed by atoms with E-state index in [9.17, 15) is 4.79 Å². The maximum atomic E-state index is 12.1. The van der Waals surface area contributed by atoms with Gasteiger partial charge in [0, 0.05) is 17.5 Å². The molecule has 1 fully saturated rings. The summed E-state index contributed by atoms with van der Waals surface area (Å²) in [5.41, 5.74) is 7.09. The Labute approximate surface area is 125 Å². The van der Waals surface area contributed by atoms with Gasteiger partial charge in [0.25, 0.3) is 0 Å². The molecule has 1 aromatic carbocycles. The number of rotatable bonds is 6. The summed E-state index contributed by atoms with van der Waals surface area (Å²) in [5, 5.41) is 3.81. The molecule has 20 heavy (non-hydrogen) atoms. The van der Waals surface area contributed by atoms with Gasteiger partial charge in [-0.3, -0.25) is 4.79 Å². The van der Waals surface area contributed by atoms with Gasteiger partial charge in [-0.05, 0) is 42.4 Å². The molecule has 1 aromatic rings. The predicted molar refractivity (Wildman–Crippen MR) is 82.5 cm³/mol. The van der Waals surface area contributed by atoms with Crippen LogP contribution in [-0.2, 0) is 4.79 Å². The Morgan fingerprint density at radius 1 is 1.35 bits per heavy atom. The number of nitrogens with two attached hydrogens (primary N) is 1.